The summed E-state index contributed by atoms with van der Waals surface area (Å²) in [7, 11) is 0. The fraction of sp³-hybridized carbons (Fsp3) is 0.471. The Morgan fingerprint density at radius 1 is 1.02 bits per heavy atom. The number of hydrogen-bond acceptors (Lipinski definition) is 6. The number of fused-ring (bicyclic) bond motifs is 3. The summed E-state index contributed by atoms with van der Waals surface area (Å²) in [6, 6.07) is 6.03. The number of aromatic nitrogens is 1. The quantitative estimate of drug-likeness (QED) is 0.143. The Morgan fingerprint density at radius 3 is 2.34 bits per heavy atom. The fourth-order valence-electron chi connectivity index (χ4n) is 6.00. The topological polar surface area (TPSA) is 165 Å². The van der Waals surface area contributed by atoms with E-state index in [0.717, 1.165) is 17.8 Å². The Kier molecular flexibility index (Phi) is 12.2. The van der Waals surface area contributed by atoms with Crippen LogP contribution in [0.5, 0.6) is 5.75 Å². The maximum Gasteiger partial charge on any atom is 0.573 e. The first-order chi connectivity index (χ1) is 23.5. The molecule has 2 unspecified atom stereocenters. The molecule has 5 atom stereocenters. The van der Waals surface area contributed by atoms with Crippen molar-refractivity contribution < 1.29 is 41.8 Å². The van der Waals surface area contributed by atoms with Crippen molar-refractivity contribution in [1.29, 1.82) is 0 Å². The van der Waals surface area contributed by atoms with Crippen LogP contribution in [0, 0.1) is 11.8 Å². The number of carbonyl (C=O) groups excluding carboxylic acids is 4. The van der Waals surface area contributed by atoms with E-state index in [9.17, 15) is 32.3 Å². The zero-order chi connectivity index (χ0) is 37.0. The van der Waals surface area contributed by atoms with E-state index in [0.29, 0.717) is 45.8 Å². The van der Waals surface area contributed by atoms with E-state index in [2.05, 4.69) is 25.7 Å². The van der Waals surface area contributed by atoms with Crippen LogP contribution in [0.4, 0.5) is 18.0 Å². The van der Waals surface area contributed by atoms with E-state index in [-0.39, 0.29) is 24.3 Å². The van der Waals surface area contributed by atoms with E-state index in [1.807, 2.05) is 13.8 Å². The molecule has 16 heteroatoms. The lowest BCUT2D eigenvalue weighted by Gasteiger charge is -2.39. The minimum Gasteiger partial charge on any atom is -0.445 e. The van der Waals surface area contributed by atoms with Gasteiger partial charge in [0.25, 0.3) is 0 Å². The molecule has 0 fully saturated rings. The van der Waals surface area contributed by atoms with Crippen LogP contribution in [-0.2, 0) is 38.6 Å². The number of nitrogens with two attached hydrogens (primary N) is 1. The number of hydrogen-bond donors (Lipinski definition) is 5. The molecule has 11 nitrogen and oxygen atoms in total. The summed E-state index contributed by atoms with van der Waals surface area (Å²) in [4.78, 5) is 57.1. The summed E-state index contributed by atoms with van der Waals surface area (Å²) in [5.41, 5.74) is 6.43. The molecule has 0 radical (unpaired) electrons. The van der Waals surface area contributed by atoms with Crippen molar-refractivity contribution in [2.45, 2.75) is 90.4 Å². The maximum absolute atomic E-state index is 14.3. The van der Waals surface area contributed by atoms with Crippen LogP contribution in [0.2, 0.25) is 10.0 Å². The van der Waals surface area contributed by atoms with Gasteiger partial charge in [-0.25, -0.2) is 4.79 Å². The highest BCUT2D eigenvalue weighted by molar-refractivity contribution is 6.38. The lowest BCUT2D eigenvalue weighted by atomic mass is 9.78. The Morgan fingerprint density at radius 2 is 1.70 bits per heavy atom. The third-order valence-corrected chi connectivity index (χ3v) is 9.69. The molecule has 272 valence electrons. The van der Waals surface area contributed by atoms with E-state index < -0.39 is 66.1 Å². The van der Waals surface area contributed by atoms with Crippen LogP contribution in [0.3, 0.4) is 0 Å². The molecule has 0 aliphatic heterocycles. The third-order valence-electron chi connectivity index (χ3n) is 9.17. The monoisotopic (exact) mass is 741 g/mol. The van der Waals surface area contributed by atoms with Gasteiger partial charge in [0, 0.05) is 22.5 Å². The Bertz CT molecular complexity index is 1750. The van der Waals surface area contributed by atoms with Gasteiger partial charge in [0.15, 0.2) is 0 Å². The molecule has 0 bridgehead atoms. The van der Waals surface area contributed by atoms with Crippen LogP contribution >= 0.6 is 23.2 Å². The minimum atomic E-state index is -4.90. The fourth-order valence-corrected chi connectivity index (χ4v) is 6.54. The summed E-state index contributed by atoms with van der Waals surface area (Å²) in [5.74, 6) is -3.29. The molecule has 0 spiro atoms. The maximum atomic E-state index is 14.3. The molecule has 50 heavy (non-hydrogen) atoms. The van der Waals surface area contributed by atoms with Crippen molar-refractivity contribution in [3.63, 3.8) is 0 Å². The summed E-state index contributed by atoms with van der Waals surface area (Å²) in [6.45, 7) is 6.75. The van der Waals surface area contributed by atoms with Gasteiger partial charge in [-0.15, -0.1) is 13.2 Å². The number of benzene rings is 2. The molecule has 0 saturated heterocycles. The first-order valence-corrected chi connectivity index (χ1v) is 16.9. The molecule has 4 amide bonds. The largest absolute Gasteiger partial charge is 0.573 e. The molecular formula is C34H40Cl2F3N5O6. The van der Waals surface area contributed by atoms with Crippen molar-refractivity contribution in [3.8, 4) is 5.75 Å². The van der Waals surface area contributed by atoms with Crippen molar-refractivity contribution >= 4 is 57.9 Å². The van der Waals surface area contributed by atoms with Crippen molar-refractivity contribution in [2.24, 2.45) is 17.6 Å². The second-order valence-electron chi connectivity index (χ2n) is 12.7. The van der Waals surface area contributed by atoms with Crippen LogP contribution in [0.25, 0.3) is 10.9 Å². The Hall–Kier alpha value is -4.17. The van der Waals surface area contributed by atoms with Crippen molar-refractivity contribution in [1.82, 2.24) is 20.9 Å². The molecular weight excluding hydrogens is 702 g/mol. The normalized spacial score (nSPS) is 18.3. The molecule has 0 saturated carbocycles. The number of amides is 4. The van der Waals surface area contributed by atoms with Gasteiger partial charge in [-0.05, 0) is 60.1 Å². The number of halogens is 5. The first-order valence-electron chi connectivity index (χ1n) is 16.2. The third kappa shape index (κ3) is 9.13. The summed E-state index contributed by atoms with van der Waals surface area (Å²) in [6.07, 6.45) is -4.49. The number of aryl methyl sites for hydroxylation is 1. The zero-order valence-electron chi connectivity index (χ0n) is 27.9. The molecule has 1 aliphatic rings. The van der Waals surface area contributed by atoms with Crippen molar-refractivity contribution in [2.75, 3.05) is 0 Å². The average molecular weight is 743 g/mol. The van der Waals surface area contributed by atoms with Gasteiger partial charge in [0.1, 0.15) is 30.0 Å². The number of carbonyl (C=O) groups is 4. The van der Waals surface area contributed by atoms with Crippen LogP contribution in [-0.4, -0.2) is 52.8 Å². The molecule has 1 heterocycles. The summed E-state index contributed by atoms with van der Waals surface area (Å²) >= 11 is 12.8. The number of ether oxygens (including phenoxy) is 2. The van der Waals surface area contributed by atoms with E-state index in [4.69, 9.17) is 33.7 Å². The Balaban J connectivity index is 1.61. The van der Waals surface area contributed by atoms with Gasteiger partial charge >= 0.3 is 12.5 Å². The average Bonchev–Trinajstić information content (AvgIpc) is 3.41. The molecule has 4 rings (SSSR count). The molecule has 1 aliphatic carbocycles. The van der Waals surface area contributed by atoms with Crippen LogP contribution < -0.4 is 26.4 Å². The SMILES string of the molecule is CCC(C)[C@H](NC(=O)[C@@]1(NC(=O)[C@@H](NC(=O)OCc2cccc(OC(F)(F)F)c2)C(C)CC)CCc2[nH]c3c(Cl)cc(Cl)cc3c2C1)C(N)=O. The molecule has 1 aromatic heterocycles. The number of alkyl halides is 3. The first kappa shape index (κ1) is 38.6. The highest BCUT2D eigenvalue weighted by atomic mass is 35.5. The van der Waals surface area contributed by atoms with E-state index in [1.165, 1.54) is 12.1 Å². The second-order valence-corrected chi connectivity index (χ2v) is 13.5. The number of nitrogens with one attached hydrogen (secondary N) is 4. The summed E-state index contributed by atoms with van der Waals surface area (Å²) in [5, 5.41) is 9.65. The predicted octanol–water partition coefficient (Wildman–Crippen LogP) is 6.07. The lowest BCUT2D eigenvalue weighted by molar-refractivity contribution is -0.274. The molecule has 6 N–H and O–H groups in total. The zero-order valence-corrected chi connectivity index (χ0v) is 29.4. The van der Waals surface area contributed by atoms with Gasteiger partial charge in [0.2, 0.25) is 17.7 Å². The molecule has 3 aromatic rings. The number of primary amides is 1. The minimum absolute atomic E-state index is 0.00340. The number of aromatic amines is 1. The smallest absolute Gasteiger partial charge is 0.445 e. The van der Waals surface area contributed by atoms with Gasteiger partial charge in [-0.3, -0.25) is 14.4 Å². The highest BCUT2D eigenvalue weighted by Gasteiger charge is 2.47. The van der Waals surface area contributed by atoms with Crippen LogP contribution in [0.15, 0.2) is 36.4 Å². The molecule has 2 aromatic carbocycles. The highest BCUT2D eigenvalue weighted by Crippen LogP contribution is 2.38. The van der Waals surface area contributed by atoms with Gasteiger partial charge in [-0.2, -0.15) is 0 Å². The van der Waals surface area contributed by atoms with Crippen LogP contribution in [0.1, 0.15) is 63.8 Å². The van der Waals surface area contributed by atoms with E-state index in [1.54, 1.807) is 26.0 Å². The van der Waals surface area contributed by atoms with E-state index >= 15 is 0 Å². The lowest BCUT2D eigenvalue weighted by Crippen LogP contribution is -2.67. The number of H-pyrrole nitrogens is 1. The number of alkyl carbamates (subject to hydrolysis) is 1. The van der Waals surface area contributed by atoms with Gasteiger partial charge < -0.3 is 36.1 Å². The Labute approximate surface area is 297 Å². The van der Waals surface area contributed by atoms with Gasteiger partial charge in [0.05, 0.1) is 10.5 Å². The second kappa shape index (κ2) is 15.8. The number of rotatable bonds is 13. The predicted molar refractivity (Wildman–Crippen MR) is 181 cm³/mol. The van der Waals surface area contributed by atoms with Gasteiger partial charge in [-0.1, -0.05) is 75.9 Å². The summed E-state index contributed by atoms with van der Waals surface area (Å²) < 4.78 is 47.1. The standard InChI is InChI=1S/C34H40Cl2F3N5O6/c1-5-17(3)26(29(40)45)42-31(47)33(11-10-25-23(15-33)22-13-20(35)14-24(36)28(22)41-25)44-30(46)27(18(4)6-2)43-32(48)49-16-19-8-7-9-21(12-19)50-34(37,38)39/h7-9,12-14,17-18,26-27,41H,5-6,10-11,15-16H2,1-4H3,(H2,40,45)(H,42,47)(H,43,48)(H,44,46)/t17?,18?,26-,27-,33+/m0/s1. The van der Waals surface area contributed by atoms with Crippen molar-refractivity contribution in [3.05, 3.63) is 63.3 Å².